The third-order valence-corrected chi connectivity index (χ3v) is 5.57. The Morgan fingerprint density at radius 2 is 1.75 bits per heavy atom. The number of hydrogen-bond donors (Lipinski definition) is 1. The van der Waals surface area contributed by atoms with Crippen molar-refractivity contribution in [2.24, 2.45) is 0 Å². The molecule has 0 radical (unpaired) electrons. The third kappa shape index (κ3) is 4.42. The van der Waals surface area contributed by atoms with Crippen LogP contribution in [0.5, 0.6) is 5.75 Å². The number of alkyl halides is 5. The number of rotatable bonds is 5. The molecule has 174 valence electrons. The average molecular weight is 478 g/mol. The van der Waals surface area contributed by atoms with Crippen LogP contribution in [0.1, 0.15) is 25.0 Å². The summed E-state index contributed by atoms with van der Waals surface area (Å²) in [4.78, 5) is 12.5. The van der Waals surface area contributed by atoms with Gasteiger partial charge in [0.1, 0.15) is 11.4 Å². The summed E-state index contributed by atoms with van der Waals surface area (Å²) in [6, 6.07) is 6.24. The maximum absolute atomic E-state index is 14.1. The molecule has 2 aromatic rings. The van der Waals surface area contributed by atoms with Crippen LogP contribution in [-0.2, 0) is 15.9 Å². The quantitative estimate of drug-likeness (QED) is 0.668. The smallest absolute Gasteiger partial charge is 0.458 e. The van der Waals surface area contributed by atoms with E-state index in [4.69, 9.17) is 4.74 Å². The van der Waals surface area contributed by atoms with Crippen LogP contribution >= 0.6 is 0 Å². The first-order valence-corrected chi connectivity index (χ1v) is 11.1. The molecule has 1 aliphatic rings. The highest BCUT2D eigenvalue weighted by atomic mass is 32.2. The van der Waals surface area contributed by atoms with Gasteiger partial charge in [-0.25, -0.2) is 13.1 Å². The normalized spacial score (nSPS) is 16.5. The number of fused-ring (bicyclic) bond motifs is 1. The molecule has 0 bridgehead atoms. The van der Waals surface area contributed by atoms with E-state index in [1.54, 1.807) is 13.8 Å². The second-order valence-corrected chi connectivity index (χ2v) is 9.56. The van der Waals surface area contributed by atoms with Gasteiger partial charge in [0.25, 0.3) is 5.56 Å². The van der Waals surface area contributed by atoms with Crippen molar-refractivity contribution in [1.29, 1.82) is 0 Å². The number of nitrogens with one attached hydrogen (secondary N) is 1. The standard InChI is InChI=1S/C20H19F5N2O4S/c1-18(2)14(11-26-32(3,29)30)17(27-9-5-4-6-16(27)28)13-10-12(7-8-15(13)31-18)19(21,22)20(23,24)25/h4-10,26H,11H2,1-3H3. The number of nitrogens with zero attached hydrogens (tertiary/aromatic N) is 1. The van der Waals surface area contributed by atoms with Crippen LogP contribution in [0.3, 0.4) is 0 Å². The number of pyridine rings is 1. The number of hydrogen-bond acceptors (Lipinski definition) is 4. The lowest BCUT2D eigenvalue weighted by atomic mass is 9.88. The summed E-state index contributed by atoms with van der Waals surface area (Å²) >= 11 is 0. The van der Waals surface area contributed by atoms with Gasteiger partial charge in [0.15, 0.2) is 0 Å². The zero-order chi connectivity index (χ0) is 24.1. The first-order chi connectivity index (χ1) is 14.5. The molecule has 3 rings (SSSR count). The molecule has 0 spiro atoms. The molecular weight excluding hydrogens is 459 g/mol. The van der Waals surface area contributed by atoms with Crippen molar-refractivity contribution in [2.45, 2.75) is 31.5 Å². The molecule has 1 aromatic carbocycles. The Morgan fingerprint density at radius 1 is 1.09 bits per heavy atom. The lowest BCUT2D eigenvalue weighted by molar-refractivity contribution is -0.289. The highest BCUT2D eigenvalue weighted by molar-refractivity contribution is 7.88. The monoisotopic (exact) mass is 478 g/mol. The predicted octanol–water partition coefficient (Wildman–Crippen LogP) is 3.48. The van der Waals surface area contributed by atoms with E-state index < -0.39 is 38.8 Å². The van der Waals surface area contributed by atoms with E-state index in [1.165, 1.54) is 24.4 Å². The Hall–Kier alpha value is -2.73. The van der Waals surface area contributed by atoms with E-state index in [2.05, 4.69) is 4.72 Å². The third-order valence-electron chi connectivity index (χ3n) is 4.91. The molecule has 32 heavy (non-hydrogen) atoms. The summed E-state index contributed by atoms with van der Waals surface area (Å²) in [5, 5.41) is 0. The minimum atomic E-state index is -5.84. The van der Waals surface area contributed by atoms with Crippen molar-refractivity contribution in [3.63, 3.8) is 0 Å². The lowest BCUT2D eigenvalue weighted by Crippen LogP contribution is -2.42. The second-order valence-electron chi connectivity index (χ2n) is 7.72. The second kappa shape index (κ2) is 7.69. The van der Waals surface area contributed by atoms with E-state index in [0.29, 0.717) is 12.1 Å². The molecule has 6 nitrogen and oxygen atoms in total. The SMILES string of the molecule is CC1(C)Oc2ccc(C(F)(F)C(F)(F)F)cc2C(n2ccccc2=O)=C1CNS(C)(=O)=O. The van der Waals surface area contributed by atoms with Crippen molar-refractivity contribution < 1.29 is 35.1 Å². The Labute approximate surface area is 180 Å². The number of aromatic nitrogens is 1. The minimum absolute atomic E-state index is 0.0365. The molecule has 2 heterocycles. The Balaban J connectivity index is 2.35. The highest BCUT2D eigenvalue weighted by Gasteiger charge is 2.59. The van der Waals surface area contributed by atoms with Crippen molar-refractivity contribution >= 4 is 15.7 Å². The zero-order valence-corrected chi connectivity index (χ0v) is 17.9. The van der Waals surface area contributed by atoms with Gasteiger partial charge < -0.3 is 4.74 Å². The molecule has 0 unspecified atom stereocenters. The number of benzene rings is 1. The van der Waals surface area contributed by atoms with Crippen LogP contribution in [-0.4, -0.2) is 37.6 Å². The van der Waals surface area contributed by atoms with E-state index in [1.807, 2.05) is 0 Å². The van der Waals surface area contributed by atoms with E-state index >= 15 is 0 Å². The fraction of sp³-hybridized carbons (Fsp3) is 0.350. The molecule has 0 fully saturated rings. The molecule has 1 aromatic heterocycles. The van der Waals surface area contributed by atoms with Crippen LogP contribution in [0.25, 0.3) is 5.70 Å². The van der Waals surface area contributed by atoms with Gasteiger partial charge in [-0.05, 0) is 38.1 Å². The summed E-state index contributed by atoms with van der Waals surface area (Å²) in [7, 11) is -3.71. The molecule has 0 amide bonds. The van der Waals surface area contributed by atoms with Gasteiger partial charge in [0.05, 0.1) is 12.0 Å². The van der Waals surface area contributed by atoms with Crippen LogP contribution in [0, 0.1) is 0 Å². The van der Waals surface area contributed by atoms with Gasteiger partial charge >= 0.3 is 12.1 Å². The number of halogens is 5. The lowest BCUT2D eigenvalue weighted by Gasteiger charge is -2.38. The van der Waals surface area contributed by atoms with Gasteiger partial charge in [-0.1, -0.05) is 6.07 Å². The Bertz CT molecular complexity index is 1250. The van der Waals surface area contributed by atoms with E-state index in [0.717, 1.165) is 16.9 Å². The van der Waals surface area contributed by atoms with Crippen LogP contribution in [0.4, 0.5) is 22.0 Å². The first kappa shape index (κ1) is 23.9. The van der Waals surface area contributed by atoms with Crippen molar-refractivity contribution in [3.8, 4) is 5.75 Å². The minimum Gasteiger partial charge on any atom is -0.483 e. The number of ether oxygens (including phenoxy) is 1. The fourth-order valence-corrected chi connectivity index (χ4v) is 3.74. The van der Waals surface area contributed by atoms with E-state index in [-0.39, 0.29) is 29.1 Å². The molecule has 0 saturated heterocycles. The summed E-state index contributed by atoms with van der Waals surface area (Å²) in [5.41, 5.74) is -3.26. The highest BCUT2D eigenvalue weighted by Crippen LogP contribution is 2.47. The molecule has 1 aliphatic heterocycles. The van der Waals surface area contributed by atoms with Gasteiger partial charge in [-0.15, -0.1) is 0 Å². The average Bonchev–Trinajstić information content (AvgIpc) is 2.64. The summed E-state index contributed by atoms with van der Waals surface area (Å²) in [5.74, 6) is -5.20. The maximum atomic E-state index is 14.1. The summed E-state index contributed by atoms with van der Waals surface area (Å²) in [6.45, 7) is 2.74. The van der Waals surface area contributed by atoms with Gasteiger partial charge in [0.2, 0.25) is 10.0 Å². The maximum Gasteiger partial charge on any atom is 0.458 e. The summed E-state index contributed by atoms with van der Waals surface area (Å²) < 4.78 is 99.4. The van der Waals surface area contributed by atoms with Crippen LogP contribution < -0.4 is 15.0 Å². The fourth-order valence-electron chi connectivity index (χ4n) is 3.33. The predicted molar refractivity (Wildman–Crippen MR) is 107 cm³/mol. The Morgan fingerprint density at radius 3 is 2.31 bits per heavy atom. The van der Waals surface area contributed by atoms with Crippen LogP contribution in [0.2, 0.25) is 0 Å². The van der Waals surface area contributed by atoms with Crippen molar-refractivity contribution in [2.75, 3.05) is 12.8 Å². The molecular formula is C20H19F5N2O4S. The van der Waals surface area contributed by atoms with Crippen molar-refractivity contribution in [3.05, 3.63) is 69.6 Å². The molecule has 0 aliphatic carbocycles. The van der Waals surface area contributed by atoms with E-state index in [9.17, 15) is 35.2 Å². The molecule has 0 atom stereocenters. The van der Waals surface area contributed by atoms with Gasteiger partial charge in [-0.3, -0.25) is 9.36 Å². The van der Waals surface area contributed by atoms with Gasteiger partial charge in [-0.2, -0.15) is 22.0 Å². The first-order valence-electron chi connectivity index (χ1n) is 9.19. The van der Waals surface area contributed by atoms with Crippen molar-refractivity contribution in [1.82, 2.24) is 9.29 Å². The van der Waals surface area contributed by atoms with Gasteiger partial charge in [0, 0.05) is 35.5 Å². The zero-order valence-electron chi connectivity index (χ0n) is 17.1. The largest absolute Gasteiger partial charge is 0.483 e. The summed E-state index contributed by atoms with van der Waals surface area (Å²) in [6.07, 6.45) is -3.64. The Kier molecular flexibility index (Phi) is 5.75. The molecule has 1 N–H and O–H groups in total. The van der Waals surface area contributed by atoms with Crippen LogP contribution in [0.15, 0.2) is 53.0 Å². The topological polar surface area (TPSA) is 77.4 Å². The molecule has 0 saturated carbocycles. The number of sulfonamides is 1. The molecule has 12 heteroatoms.